The van der Waals surface area contributed by atoms with Gasteiger partial charge >= 0.3 is 0 Å². The summed E-state index contributed by atoms with van der Waals surface area (Å²) in [7, 11) is 0. The first-order valence-corrected chi connectivity index (χ1v) is 8.13. The van der Waals surface area contributed by atoms with Crippen LogP contribution in [-0.2, 0) is 9.53 Å². The van der Waals surface area contributed by atoms with E-state index >= 15 is 0 Å². The van der Waals surface area contributed by atoms with Gasteiger partial charge in [-0.05, 0) is 43.7 Å². The number of carbonyl (C=O) groups excluding carboxylic acids is 1. The van der Waals surface area contributed by atoms with E-state index in [1.165, 1.54) is 6.92 Å². The molecule has 0 bridgehead atoms. The van der Waals surface area contributed by atoms with Crippen LogP contribution in [0.4, 0.5) is 0 Å². The van der Waals surface area contributed by atoms with Gasteiger partial charge in [-0.15, -0.1) is 0 Å². The van der Waals surface area contributed by atoms with Gasteiger partial charge in [0, 0.05) is 5.57 Å². The Morgan fingerprint density at radius 3 is 2.50 bits per heavy atom. The summed E-state index contributed by atoms with van der Waals surface area (Å²) in [5, 5.41) is 9.55. The lowest BCUT2D eigenvalue weighted by molar-refractivity contribution is -0.114. The summed E-state index contributed by atoms with van der Waals surface area (Å²) in [4.78, 5) is 12.2. The molecule has 0 aromatic heterocycles. The fourth-order valence-electron chi connectivity index (χ4n) is 3.05. The van der Waals surface area contributed by atoms with E-state index < -0.39 is 5.92 Å². The third-order valence-electron chi connectivity index (χ3n) is 4.16. The topological polar surface area (TPSA) is 85.3 Å². The van der Waals surface area contributed by atoms with Crippen LogP contribution in [0.3, 0.4) is 0 Å². The molecule has 0 aliphatic carbocycles. The standard InChI is InChI=1S/C21H18N2O3/c1-13(24)19-14(2)25-21(23)18(12-22)20(19)15-7-6-10-17(11-15)26-16-8-4-3-5-9-16/h3-11,20H,23H2,1-2H3/t20-/m0/s1. The number of nitrogens with zero attached hydrogens (tertiary/aromatic N) is 1. The number of Topliss-reactive ketones (excluding diaryl/α,β-unsaturated/α-hetero) is 1. The second kappa shape index (κ2) is 7.16. The highest BCUT2D eigenvalue weighted by Gasteiger charge is 2.33. The Hall–Kier alpha value is -3.52. The molecule has 1 aliphatic heterocycles. The van der Waals surface area contributed by atoms with E-state index in [0.29, 0.717) is 22.8 Å². The number of hydrogen-bond donors (Lipinski definition) is 1. The molecule has 26 heavy (non-hydrogen) atoms. The van der Waals surface area contributed by atoms with Crippen LogP contribution in [0.5, 0.6) is 11.5 Å². The van der Waals surface area contributed by atoms with Crippen molar-refractivity contribution in [2.24, 2.45) is 5.73 Å². The van der Waals surface area contributed by atoms with Gasteiger partial charge in [-0.3, -0.25) is 4.79 Å². The van der Waals surface area contributed by atoms with Crippen molar-refractivity contribution in [1.29, 1.82) is 5.26 Å². The minimum atomic E-state index is -0.578. The van der Waals surface area contributed by atoms with Crippen molar-refractivity contribution < 1.29 is 14.3 Å². The first kappa shape index (κ1) is 17.3. The van der Waals surface area contributed by atoms with Crippen molar-refractivity contribution in [2.45, 2.75) is 19.8 Å². The molecule has 1 atom stereocenters. The van der Waals surface area contributed by atoms with Crippen molar-refractivity contribution in [3.05, 3.63) is 82.9 Å². The Kier molecular flexibility index (Phi) is 4.76. The van der Waals surface area contributed by atoms with Gasteiger partial charge in [-0.1, -0.05) is 30.3 Å². The smallest absolute Gasteiger partial charge is 0.205 e. The fraction of sp³-hybridized carbons (Fsp3) is 0.143. The molecule has 130 valence electrons. The second-order valence-electron chi connectivity index (χ2n) is 5.94. The minimum Gasteiger partial charge on any atom is -0.457 e. The number of nitriles is 1. The predicted molar refractivity (Wildman–Crippen MR) is 97.0 cm³/mol. The summed E-state index contributed by atoms with van der Waals surface area (Å²) in [5.74, 6) is 0.998. The molecule has 2 aromatic carbocycles. The first-order valence-electron chi connectivity index (χ1n) is 8.13. The Morgan fingerprint density at radius 2 is 1.85 bits per heavy atom. The van der Waals surface area contributed by atoms with Gasteiger partial charge in [0.15, 0.2) is 5.78 Å². The highest BCUT2D eigenvalue weighted by molar-refractivity contribution is 5.96. The van der Waals surface area contributed by atoms with Gasteiger partial charge in [-0.2, -0.15) is 5.26 Å². The molecule has 0 saturated heterocycles. The summed E-state index contributed by atoms with van der Waals surface area (Å²) in [6.07, 6.45) is 0. The second-order valence-corrected chi connectivity index (χ2v) is 5.94. The monoisotopic (exact) mass is 346 g/mol. The van der Waals surface area contributed by atoms with E-state index in [0.717, 1.165) is 5.56 Å². The molecule has 0 amide bonds. The van der Waals surface area contributed by atoms with E-state index in [1.54, 1.807) is 6.92 Å². The Bertz CT molecular complexity index is 953. The van der Waals surface area contributed by atoms with Crippen molar-refractivity contribution in [3.63, 3.8) is 0 Å². The van der Waals surface area contributed by atoms with Crippen LogP contribution >= 0.6 is 0 Å². The van der Waals surface area contributed by atoms with Gasteiger partial charge in [0.25, 0.3) is 0 Å². The first-order chi connectivity index (χ1) is 12.5. The van der Waals surface area contributed by atoms with E-state index in [4.69, 9.17) is 15.2 Å². The summed E-state index contributed by atoms with van der Waals surface area (Å²) < 4.78 is 11.3. The molecule has 0 saturated carbocycles. The zero-order valence-electron chi connectivity index (χ0n) is 14.5. The number of benzene rings is 2. The van der Waals surface area contributed by atoms with Crippen LogP contribution in [0.1, 0.15) is 25.3 Å². The molecule has 1 aliphatic rings. The number of allylic oxidation sites excluding steroid dienone is 3. The normalized spacial score (nSPS) is 16.7. The number of carbonyl (C=O) groups is 1. The van der Waals surface area contributed by atoms with Crippen LogP contribution in [0.2, 0.25) is 0 Å². The number of para-hydroxylation sites is 1. The Labute approximate surface area is 152 Å². The van der Waals surface area contributed by atoms with Crippen LogP contribution in [0.25, 0.3) is 0 Å². The van der Waals surface area contributed by atoms with Gasteiger partial charge in [0.2, 0.25) is 5.88 Å². The number of ether oxygens (including phenoxy) is 2. The summed E-state index contributed by atoms with van der Waals surface area (Å²) in [6.45, 7) is 3.13. The molecular formula is C21H18N2O3. The molecule has 0 spiro atoms. The maximum atomic E-state index is 12.2. The van der Waals surface area contributed by atoms with Crippen molar-refractivity contribution >= 4 is 5.78 Å². The van der Waals surface area contributed by atoms with Crippen LogP contribution < -0.4 is 10.5 Å². The summed E-state index contributed by atoms with van der Waals surface area (Å²) >= 11 is 0. The highest BCUT2D eigenvalue weighted by atomic mass is 16.5. The highest BCUT2D eigenvalue weighted by Crippen LogP contribution is 2.40. The van der Waals surface area contributed by atoms with Crippen LogP contribution in [0.15, 0.2) is 77.4 Å². The number of ketones is 1. The van der Waals surface area contributed by atoms with Gasteiger partial charge < -0.3 is 15.2 Å². The molecule has 0 fully saturated rings. The van der Waals surface area contributed by atoms with E-state index in [2.05, 4.69) is 6.07 Å². The zero-order valence-corrected chi connectivity index (χ0v) is 14.5. The zero-order chi connectivity index (χ0) is 18.7. The predicted octanol–water partition coefficient (Wildman–Crippen LogP) is 4.15. The molecule has 5 heteroatoms. The van der Waals surface area contributed by atoms with E-state index in [1.807, 2.05) is 54.6 Å². The molecule has 0 radical (unpaired) electrons. The maximum Gasteiger partial charge on any atom is 0.205 e. The Morgan fingerprint density at radius 1 is 1.15 bits per heavy atom. The third-order valence-corrected chi connectivity index (χ3v) is 4.16. The lowest BCUT2D eigenvalue weighted by Gasteiger charge is -2.27. The molecule has 3 rings (SSSR count). The Balaban J connectivity index is 2.05. The summed E-state index contributed by atoms with van der Waals surface area (Å²) in [5.41, 5.74) is 7.28. The number of hydrogen-bond acceptors (Lipinski definition) is 5. The average molecular weight is 346 g/mol. The van der Waals surface area contributed by atoms with Crippen LogP contribution in [-0.4, -0.2) is 5.78 Å². The minimum absolute atomic E-state index is 0.0226. The van der Waals surface area contributed by atoms with Crippen molar-refractivity contribution in [1.82, 2.24) is 0 Å². The SMILES string of the molecule is CC(=O)C1=C(C)OC(N)=C(C#N)[C@@H]1c1cccc(Oc2ccccc2)c1. The molecule has 1 heterocycles. The summed E-state index contributed by atoms with van der Waals surface area (Å²) in [6, 6.07) is 18.7. The average Bonchev–Trinajstić information content (AvgIpc) is 2.62. The molecule has 2 aromatic rings. The fourth-order valence-corrected chi connectivity index (χ4v) is 3.05. The third kappa shape index (κ3) is 3.31. The molecular weight excluding hydrogens is 328 g/mol. The quantitative estimate of drug-likeness (QED) is 0.899. The van der Waals surface area contributed by atoms with Crippen molar-refractivity contribution in [2.75, 3.05) is 0 Å². The number of rotatable bonds is 4. The molecule has 0 unspecified atom stereocenters. The van der Waals surface area contributed by atoms with E-state index in [9.17, 15) is 10.1 Å². The van der Waals surface area contributed by atoms with Gasteiger partial charge in [0.05, 0.1) is 5.92 Å². The maximum absolute atomic E-state index is 12.2. The van der Waals surface area contributed by atoms with Crippen LogP contribution in [0, 0.1) is 11.3 Å². The molecule has 5 nitrogen and oxygen atoms in total. The van der Waals surface area contributed by atoms with Crippen molar-refractivity contribution in [3.8, 4) is 17.6 Å². The lowest BCUT2D eigenvalue weighted by Crippen LogP contribution is -2.23. The van der Waals surface area contributed by atoms with Gasteiger partial charge in [-0.25, -0.2) is 0 Å². The number of nitrogens with two attached hydrogens (primary N) is 1. The van der Waals surface area contributed by atoms with Gasteiger partial charge in [0.1, 0.15) is 28.9 Å². The largest absolute Gasteiger partial charge is 0.457 e. The lowest BCUT2D eigenvalue weighted by atomic mass is 9.81. The van der Waals surface area contributed by atoms with E-state index in [-0.39, 0.29) is 17.2 Å². The molecule has 2 N–H and O–H groups in total.